The highest BCUT2D eigenvalue weighted by Gasteiger charge is 2.20. The monoisotopic (exact) mass is 378 g/mol. The van der Waals surface area contributed by atoms with E-state index in [0.717, 1.165) is 0 Å². The number of amides is 1. The molecule has 2 aromatic heterocycles. The molecule has 0 N–H and O–H groups in total. The third-order valence-corrected chi connectivity index (χ3v) is 4.71. The van der Waals surface area contributed by atoms with Gasteiger partial charge in [0.25, 0.3) is 17.2 Å². The molecule has 128 valence electrons. The maximum Gasteiger partial charge on any atom is 0.271 e. The van der Waals surface area contributed by atoms with Gasteiger partial charge in [0, 0.05) is 48.5 Å². The lowest BCUT2D eigenvalue weighted by atomic mass is 10.2. The fourth-order valence-corrected chi connectivity index (χ4v) is 3.15. The second kappa shape index (κ2) is 6.61. The minimum atomic E-state index is -0.541. The normalized spacial score (nSPS) is 10.8. The molecule has 0 aliphatic heterocycles. The van der Waals surface area contributed by atoms with Crippen LogP contribution in [0.3, 0.4) is 0 Å². The number of nitro groups is 1. The molecule has 0 saturated heterocycles. The van der Waals surface area contributed by atoms with E-state index in [4.69, 9.17) is 11.6 Å². The number of non-ortho nitro benzene ring substituents is 1. The molecule has 0 bridgehead atoms. The Balaban J connectivity index is 1.90. The SMILES string of the molecule is CN(Cc1cc([N+](=O)[O-])ccc1Cl)C(=O)c1cnc2sccn2c1=O. The van der Waals surface area contributed by atoms with E-state index in [9.17, 15) is 19.7 Å². The molecule has 25 heavy (non-hydrogen) atoms. The number of hydrogen-bond donors (Lipinski definition) is 0. The predicted molar refractivity (Wildman–Crippen MR) is 93.2 cm³/mol. The predicted octanol–water partition coefficient (Wildman–Crippen LogP) is 2.59. The highest BCUT2D eigenvalue weighted by molar-refractivity contribution is 7.15. The number of carbonyl (C=O) groups excluding carboxylic acids is 1. The van der Waals surface area contributed by atoms with E-state index < -0.39 is 16.4 Å². The summed E-state index contributed by atoms with van der Waals surface area (Å²) < 4.78 is 1.30. The summed E-state index contributed by atoms with van der Waals surface area (Å²) in [5.74, 6) is -0.541. The lowest BCUT2D eigenvalue weighted by Gasteiger charge is -2.17. The Morgan fingerprint density at radius 3 is 2.96 bits per heavy atom. The van der Waals surface area contributed by atoms with Crippen molar-refractivity contribution in [2.75, 3.05) is 7.05 Å². The van der Waals surface area contributed by atoms with Crippen molar-refractivity contribution >= 4 is 39.5 Å². The van der Waals surface area contributed by atoms with Crippen LogP contribution in [0.1, 0.15) is 15.9 Å². The van der Waals surface area contributed by atoms with Gasteiger partial charge >= 0.3 is 0 Å². The van der Waals surface area contributed by atoms with Gasteiger partial charge in [0.05, 0.1) is 4.92 Å². The van der Waals surface area contributed by atoms with Crippen LogP contribution in [0.2, 0.25) is 5.02 Å². The number of benzene rings is 1. The van der Waals surface area contributed by atoms with E-state index in [1.54, 1.807) is 11.6 Å². The molecular weight excluding hydrogens is 368 g/mol. The number of hydrogen-bond acceptors (Lipinski definition) is 6. The van der Waals surface area contributed by atoms with Gasteiger partial charge in [0.15, 0.2) is 4.96 Å². The van der Waals surface area contributed by atoms with Crippen LogP contribution in [0.25, 0.3) is 4.96 Å². The average molecular weight is 379 g/mol. The third-order valence-electron chi connectivity index (χ3n) is 3.57. The number of rotatable bonds is 4. The highest BCUT2D eigenvalue weighted by Crippen LogP contribution is 2.23. The van der Waals surface area contributed by atoms with Gasteiger partial charge < -0.3 is 4.90 Å². The minimum absolute atomic E-state index is 0.0190. The molecule has 3 aromatic rings. The molecule has 1 amide bonds. The fourth-order valence-electron chi connectivity index (χ4n) is 2.30. The molecule has 10 heteroatoms. The molecule has 8 nitrogen and oxygen atoms in total. The Bertz CT molecular complexity index is 1050. The van der Waals surface area contributed by atoms with Crippen LogP contribution in [0.4, 0.5) is 5.69 Å². The molecular formula is C15H11ClN4O4S. The first-order valence-electron chi connectivity index (χ1n) is 7.01. The summed E-state index contributed by atoms with van der Waals surface area (Å²) in [5.41, 5.74) is -0.258. The van der Waals surface area contributed by atoms with E-state index in [1.165, 1.54) is 52.1 Å². The van der Waals surface area contributed by atoms with Gasteiger partial charge in [0.1, 0.15) is 5.56 Å². The first-order valence-corrected chi connectivity index (χ1v) is 8.27. The van der Waals surface area contributed by atoms with Crippen molar-refractivity contribution in [1.82, 2.24) is 14.3 Å². The zero-order valence-electron chi connectivity index (χ0n) is 12.9. The zero-order valence-corrected chi connectivity index (χ0v) is 14.5. The first-order chi connectivity index (χ1) is 11.9. The Labute approximate surface area is 150 Å². The second-order valence-electron chi connectivity index (χ2n) is 5.23. The zero-order chi connectivity index (χ0) is 18.1. The molecule has 0 radical (unpaired) electrons. The van der Waals surface area contributed by atoms with Gasteiger partial charge in [-0.3, -0.25) is 24.1 Å². The van der Waals surface area contributed by atoms with Crippen LogP contribution < -0.4 is 5.56 Å². The molecule has 1 aromatic carbocycles. The number of carbonyl (C=O) groups is 1. The van der Waals surface area contributed by atoms with E-state index >= 15 is 0 Å². The van der Waals surface area contributed by atoms with Crippen LogP contribution in [0.15, 0.2) is 40.8 Å². The standard InChI is InChI=1S/C15H11ClN4O4S/c1-18(8-9-6-10(20(23)24)2-3-12(9)16)13(21)11-7-17-15-19(14(11)22)4-5-25-15/h2-7H,8H2,1H3. The molecule has 0 aliphatic carbocycles. The molecule has 0 saturated carbocycles. The largest absolute Gasteiger partial charge is 0.337 e. The van der Waals surface area contributed by atoms with Crippen LogP contribution >= 0.6 is 22.9 Å². The van der Waals surface area contributed by atoms with E-state index in [-0.39, 0.29) is 17.8 Å². The van der Waals surface area contributed by atoms with Crippen molar-refractivity contribution in [2.24, 2.45) is 0 Å². The molecule has 2 heterocycles. The van der Waals surface area contributed by atoms with Crippen LogP contribution in [-0.4, -0.2) is 32.2 Å². The van der Waals surface area contributed by atoms with Crippen molar-refractivity contribution in [2.45, 2.75) is 6.54 Å². The minimum Gasteiger partial charge on any atom is -0.337 e. The molecule has 0 unspecified atom stereocenters. The number of nitrogens with zero attached hydrogens (tertiary/aromatic N) is 4. The third kappa shape index (κ3) is 3.24. The van der Waals surface area contributed by atoms with E-state index in [2.05, 4.69) is 4.98 Å². The lowest BCUT2D eigenvalue weighted by Crippen LogP contribution is -2.32. The van der Waals surface area contributed by atoms with Crippen molar-refractivity contribution in [3.8, 4) is 0 Å². The van der Waals surface area contributed by atoms with Gasteiger partial charge in [-0.25, -0.2) is 4.98 Å². The van der Waals surface area contributed by atoms with Gasteiger partial charge in [0.2, 0.25) is 0 Å². The van der Waals surface area contributed by atoms with Gasteiger partial charge in [-0.15, -0.1) is 11.3 Å². The highest BCUT2D eigenvalue weighted by atomic mass is 35.5. The Kier molecular flexibility index (Phi) is 4.51. The number of thiazole rings is 1. The van der Waals surface area contributed by atoms with E-state index in [1.807, 2.05) is 0 Å². The first kappa shape index (κ1) is 17.1. The van der Waals surface area contributed by atoms with Crippen molar-refractivity contribution in [1.29, 1.82) is 0 Å². The Morgan fingerprint density at radius 2 is 2.24 bits per heavy atom. The van der Waals surface area contributed by atoms with Crippen LogP contribution in [0, 0.1) is 10.1 Å². The molecule has 3 rings (SSSR count). The summed E-state index contributed by atoms with van der Waals surface area (Å²) in [6.45, 7) is 0.0190. The van der Waals surface area contributed by atoms with Gasteiger partial charge in [-0.1, -0.05) is 11.6 Å². The summed E-state index contributed by atoms with van der Waals surface area (Å²) in [4.78, 5) is 41.1. The average Bonchev–Trinajstić information content (AvgIpc) is 3.06. The maximum absolute atomic E-state index is 12.6. The van der Waals surface area contributed by atoms with E-state index in [0.29, 0.717) is 15.5 Å². The summed E-state index contributed by atoms with van der Waals surface area (Å²) in [5, 5.41) is 12.9. The smallest absolute Gasteiger partial charge is 0.271 e. The molecule has 0 atom stereocenters. The molecule has 0 fully saturated rings. The van der Waals surface area contributed by atoms with Gasteiger partial charge in [-0.2, -0.15) is 0 Å². The number of fused-ring (bicyclic) bond motifs is 1. The van der Waals surface area contributed by atoms with Crippen molar-refractivity contribution in [3.05, 3.63) is 72.6 Å². The topological polar surface area (TPSA) is 97.8 Å². The summed E-state index contributed by atoms with van der Waals surface area (Å²) in [6.07, 6.45) is 2.78. The molecule has 0 spiro atoms. The number of halogens is 1. The second-order valence-corrected chi connectivity index (χ2v) is 6.51. The van der Waals surface area contributed by atoms with Crippen molar-refractivity contribution in [3.63, 3.8) is 0 Å². The number of aromatic nitrogens is 2. The summed E-state index contributed by atoms with van der Waals surface area (Å²) in [6, 6.07) is 3.99. The maximum atomic E-state index is 12.6. The molecule has 0 aliphatic rings. The fraction of sp³-hybridized carbons (Fsp3) is 0.133. The quantitative estimate of drug-likeness (QED) is 0.513. The Hall–Kier alpha value is -2.78. The van der Waals surface area contributed by atoms with Crippen molar-refractivity contribution < 1.29 is 9.72 Å². The van der Waals surface area contributed by atoms with Crippen LogP contribution in [0.5, 0.6) is 0 Å². The lowest BCUT2D eigenvalue weighted by molar-refractivity contribution is -0.384. The van der Waals surface area contributed by atoms with Crippen LogP contribution in [-0.2, 0) is 6.54 Å². The summed E-state index contributed by atoms with van der Waals surface area (Å²) in [7, 11) is 1.49. The Morgan fingerprint density at radius 1 is 1.48 bits per heavy atom. The summed E-state index contributed by atoms with van der Waals surface area (Å²) >= 11 is 7.34. The number of nitro benzene ring substituents is 1. The van der Waals surface area contributed by atoms with Gasteiger partial charge in [-0.05, 0) is 11.6 Å².